The first-order valence-corrected chi connectivity index (χ1v) is 17.9. The smallest absolute Gasteiger partial charge is 0.201 e. The number of ketones is 1. The fourth-order valence-electron chi connectivity index (χ4n) is 7.02. The van der Waals surface area contributed by atoms with Gasteiger partial charge in [0.15, 0.2) is 10.0 Å². The second kappa shape index (κ2) is 10.3. The van der Waals surface area contributed by atoms with Crippen molar-refractivity contribution in [1.82, 2.24) is 28.9 Å². The standard InChI is InChI=1S/C33H35FN6O2S2/c1-38-14-13-30(37-38)44(2,42)39(20-21-3-4-21)27-10-7-24-15-28-23(18-36-40(28)26-11-8-25(34)9-12-26)16-33(24,17-27)31(41)32-35-19-29(43-32)22-5-6-22/h8-9,11-15,18-19,21-22,27H,2-7,10,16-17,20H2,1H3/t27-,33-,44?/m0/s1. The zero-order valence-corrected chi connectivity index (χ0v) is 26.3. The Hall–Kier alpha value is -3.41. The maximum Gasteiger partial charge on any atom is 0.201 e. The van der Waals surface area contributed by atoms with Crippen LogP contribution < -0.4 is 0 Å². The van der Waals surface area contributed by atoms with Crippen molar-refractivity contribution in [2.75, 3.05) is 6.54 Å². The highest BCUT2D eigenvalue weighted by molar-refractivity contribution is 7.98. The highest BCUT2D eigenvalue weighted by atomic mass is 32.2. The van der Waals surface area contributed by atoms with Gasteiger partial charge in [0.1, 0.15) is 5.82 Å². The average Bonchev–Trinajstić information content (AvgIpc) is 3.90. The van der Waals surface area contributed by atoms with Gasteiger partial charge in [0.05, 0.1) is 32.7 Å². The Bertz CT molecular complexity index is 1900. The zero-order chi connectivity index (χ0) is 30.2. The molecule has 1 unspecified atom stereocenters. The lowest BCUT2D eigenvalue weighted by Gasteiger charge is -2.47. The molecule has 3 atom stereocenters. The Balaban J connectivity index is 1.21. The summed E-state index contributed by atoms with van der Waals surface area (Å²) in [6.07, 6.45) is 14.7. The number of nitrogens with zero attached hydrogens (tertiary/aromatic N) is 6. The molecule has 4 aromatic rings. The van der Waals surface area contributed by atoms with Gasteiger partial charge >= 0.3 is 0 Å². The van der Waals surface area contributed by atoms with Gasteiger partial charge in [0.25, 0.3) is 0 Å². The Morgan fingerprint density at radius 1 is 1.16 bits per heavy atom. The molecule has 0 bridgehead atoms. The van der Waals surface area contributed by atoms with Crippen molar-refractivity contribution in [2.24, 2.45) is 18.4 Å². The largest absolute Gasteiger partial charge is 0.290 e. The van der Waals surface area contributed by atoms with E-state index in [0.717, 1.165) is 54.6 Å². The molecule has 0 spiro atoms. The normalized spacial score (nSPS) is 24.4. The number of Topliss-reactive ketones (excluding diaryl/α,β-unsaturated/α-hetero) is 1. The number of halogens is 1. The molecule has 0 N–H and O–H groups in total. The quantitative estimate of drug-likeness (QED) is 0.171. The molecule has 4 aliphatic rings. The van der Waals surface area contributed by atoms with E-state index >= 15 is 0 Å². The molecule has 8 rings (SSSR count). The molecule has 0 radical (unpaired) electrons. The van der Waals surface area contributed by atoms with Crippen LogP contribution in [0.5, 0.6) is 0 Å². The second-order valence-electron chi connectivity index (χ2n) is 13.0. The maximum absolute atomic E-state index is 14.8. The van der Waals surface area contributed by atoms with E-state index in [1.54, 1.807) is 22.9 Å². The highest BCUT2D eigenvalue weighted by Crippen LogP contribution is 2.53. The Labute approximate surface area is 260 Å². The van der Waals surface area contributed by atoms with Crippen molar-refractivity contribution in [2.45, 2.75) is 68.4 Å². The number of aromatic nitrogens is 5. The minimum absolute atomic E-state index is 0.0466. The summed E-state index contributed by atoms with van der Waals surface area (Å²) in [6, 6.07) is 8.00. The molecule has 3 aromatic heterocycles. The average molecular weight is 631 g/mol. The summed E-state index contributed by atoms with van der Waals surface area (Å²) in [5, 5.41) is 10.2. The van der Waals surface area contributed by atoms with E-state index < -0.39 is 15.1 Å². The van der Waals surface area contributed by atoms with E-state index in [1.165, 1.54) is 28.3 Å². The fraction of sp³-hybridized carbons (Fsp3) is 0.424. The van der Waals surface area contributed by atoms with Gasteiger partial charge in [-0.15, -0.1) is 11.3 Å². The van der Waals surface area contributed by atoms with Crippen LogP contribution in [0, 0.1) is 17.2 Å². The number of fused-ring (bicyclic) bond motifs is 2. The lowest BCUT2D eigenvalue weighted by molar-refractivity contribution is 0.0743. The van der Waals surface area contributed by atoms with E-state index in [2.05, 4.69) is 31.4 Å². The topological polar surface area (TPSA) is 85.9 Å². The number of carbonyl (C=O) groups is 1. The van der Waals surface area contributed by atoms with Crippen LogP contribution in [-0.2, 0) is 23.2 Å². The number of allylic oxidation sites excluding steroid dienone is 1. The van der Waals surface area contributed by atoms with Crippen LogP contribution in [0.1, 0.15) is 76.8 Å². The van der Waals surface area contributed by atoms with Crippen LogP contribution in [0.2, 0.25) is 0 Å². The Kier molecular flexibility index (Phi) is 6.59. The summed E-state index contributed by atoms with van der Waals surface area (Å²) in [5.41, 5.74) is 2.91. The summed E-state index contributed by atoms with van der Waals surface area (Å²) in [6.45, 7) is 0.684. The number of benzene rings is 1. The summed E-state index contributed by atoms with van der Waals surface area (Å²) < 4.78 is 33.8. The molecule has 0 saturated heterocycles. The number of hydrogen-bond acceptors (Lipinski definition) is 6. The van der Waals surface area contributed by atoms with Crippen molar-refractivity contribution in [3.8, 4) is 5.69 Å². The van der Waals surface area contributed by atoms with Crippen LogP contribution >= 0.6 is 11.3 Å². The van der Waals surface area contributed by atoms with E-state index in [9.17, 15) is 13.4 Å². The third-order valence-electron chi connectivity index (χ3n) is 9.78. The van der Waals surface area contributed by atoms with Gasteiger partial charge in [-0.1, -0.05) is 5.57 Å². The van der Waals surface area contributed by atoms with Gasteiger partial charge in [0, 0.05) is 36.9 Å². The van der Waals surface area contributed by atoms with E-state index in [0.29, 0.717) is 47.7 Å². The second-order valence-corrected chi connectivity index (χ2v) is 16.2. The molecule has 1 aromatic carbocycles. The third-order valence-corrected chi connectivity index (χ3v) is 13.0. The van der Waals surface area contributed by atoms with Crippen LogP contribution in [0.4, 0.5) is 4.39 Å². The minimum Gasteiger partial charge on any atom is -0.290 e. The minimum atomic E-state index is -2.87. The molecule has 11 heteroatoms. The molecule has 3 saturated carbocycles. The third kappa shape index (κ3) is 4.80. The van der Waals surface area contributed by atoms with Crippen molar-refractivity contribution < 1.29 is 13.4 Å². The summed E-state index contributed by atoms with van der Waals surface area (Å²) in [7, 11) is -1.05. The van der Waals surface area contributed by atoms with E-state index in [1.807, 2.05) is 30.3 Å². The lowest BCUT2D eigenvalue weighted by Crippen LogP contribution is -2.51. The fourth-order valence-corrected chi connectivity index (χ4v) is 10.0. The molecule has 44 heavy (non-hydrogen) atoms. The number of aryl methyl sites for hydroxylation is 1. The first-order chi connectivity index (χ1) is 21.2. The number of carbonyl (C=O) groups excluding carboxylic acids is 1. The molecular weight excluding hydrogens is 596 g/mol. The lowest BCUT2D eigenvalue weighted by atomic mass is 9.61. The number of hydrogen-bond donors (Lipinski definition) is 0. The summed E-state index contributed by atoms with van der Waals surface area (Å²) in [5.74, 6) is 5.03. The van der Waals surface area contributed by atoms with Crippen molar-refractivity contribution in [1.29, 1.82) is 0 Å². The van der Waals surface area contributed by atoms with Gasteiger partial charge in [-0.3, -0.25) is 9.48 Å². The van der Waals surface area contributed by atoms with Crippen LogP contribution in [-0.4, -0.2) is 57.3 Å². The van der Waals surface area contributed by atoms with Crippen LogP contribution in [0.15, 0.2) is 59.5 Å². The Morgan fingerprint density at radius 2 is 1.95 bits per heavy atom. The molecule has 8 nitrogen and oxygen atoms in total. The predicted molar refractivity (Wildman–Crippen MR) is 170 cm³/mol. The summed E-state index contributed by atoms with van der Waals surface area (Å²) >= 11 is 1.54. The summed E-state index contributed by atoms with van der Waals surface area (Å²) in [4.78, 5) is 20.6. The van der Waals surface area contributed by atoms with E-state index in [4.69, 9.17) is 0 Å². The van der Waals surface area contributed by atoms with Gasteiger partial charge in [0.2, 0.25) is 5.78 Å². The zero-order valence-electron chi connectivity index (χ0n) is 24.7. The highest BCUT2D eigenvalue weighted by Gasteiger charge is 2.52. The molecule has 0 amide bonds. The SMILES string of the molecule is C=S(=O)(c1ccn(C)n1)N(CC1CC1)[C@H]1CCC2=Cc3c(cnn3-c3ccc(F)cc3)C[C@]2(C(=O)c2ncc(C3CC3)s2)C1. The molecule has 4 aliphatic carbocycles. The molecule has 228 valence electrons. The van der Waals surface area contributed by atoms with Gasteiger partial charge in [-0.05, 0) is 111 Å². The number of rotatable bonds is 9. The van der Waals surface area contributed by atoms with Crippen molar-refractivity contribution in [3.63, 3.8) is 0 Å². The Morgan fingerprint density at radius 3 is 2.66 bits per heavy atom. The molecule has 3 heterocycles. The first-order valence-electron chi connectivity index (χ1n) is 15.4. The first kappa shape index (κ1) is 28.1. The van der Waals surface area contributed by atoms with Gasteiger partial charge in [-0.2, -0.15) is 10.2 Å². The maximum atomic E-state index is 14.8. The van der Waals surface area contributed by atoms with Crippen molar-refractivity contribution >= 4 is 38.8 Å². The van der Waals surface area contributed by atoms with Crippen molar-refractivity contribution in [3.05, 3.63) is 81.5 Å². The number of thiazole rings is 1. The van der Waals surface area contributed by atoms with Gasteiger partial charge < -0.3 is 0 Å². The van der Waals surface area contributed by atoms with Gasteiger partial charge in [-0.25, -0.2) is 22.6 Å². The molecule has 3 fully saturated rings. The monoisotopic (exact) mass is 630 g/mol. The predicted octanol–water partition coefficient (Wildman–Crippen LogP) is 5.84. The molecular formula is C33H35FN6O2S2. The van der Waals surface area contributed by atoms with E-state index in [-0.39, 0.29) is 17.6 Å². The van der Waals surface area contributed by atoms with Crippen LogP contribution in [0.3, 0.4) is 0 Å². The van der Waals surface area contributed by atoms with Crippen LogP contribution in [0.25, 0.3) is 11.8 Å². The molecule has 0 aliphatic heterocycles.